The van der Waals surface area contributed by atoms with Gasteiger partial charge in [0, 0.05) is 6.08 Å². The van der Waals surface area contributed by atoms with E-state index in [0.717, 1.165) is 6.08 Å². The molecule has 2 aromatic rings. The molecule has 0 N–H and O–H groups in total. The van der Waals surface area contributed by atoms with E-state index >= 15 is 0 Å². The Morgan fingerprint density at radius 3 is 1.92 bits per heavy atom. The predicted molar refractivity (Wildman–Crippen MR) is 93.9 cm³/mol. The van der Waals surface area contributed by atoms with E-state index in [1.54, 1.807) is 69.3 Å². The van der Waals surface area contributed by atoms with Gasteiger partial charge in [-0.3, -0.25) is 0 Å². The Labute approximate surface area is 142 Å². The van der Waals surface area contributed by atoms with Crippen molar-refractivity contribution in [2.45, 2.75) is 31.3 Å². The maximum Gasteiger partial charge on any atom is 0.332 e. The summed E-state index contributed by atoms with van der Waals surface area (Å²) in [5, 5.41) is 0. The van der Waals surface area contributed by atoms with E-state index in [4.69, 9.17) is 4.74 Å². The molecular weight excluding hydrogens is 324 g/mol. The highest BCUT2D eigenvalue weighted by Gasteiger charge is 2.25. The molecule has 0 aliphatic carbocycles. The number of rotatable bonds is 4. The minimum Gasteiger partial charge on any atom is -0.457 e. The normalized spacial score (nSPS) is 12.7. The van der Waals surface area contributed by atoms with Gasteiger partial charge in [0.2, 0.25) is 9.84 Å². The van der Waals surface area contributed by atoms with E-state index in [1.165, 1.54) is 12.1 Å². The summed E-state index contributed by atoms with van der Waals surface area (Å²) < 4.78 is 31.2. The first-order valence-electron chi connectivity index (χ1n) is 7.50. The lowest BCUT2D eigenvalue weighted by atomic mass is 10.2. The van der Waals surface area contributed by atoms with Crippen LogP contribution in [0.15, 0.2) is 71.6 Å². The maximum absolute atomic E-state index is 13.0. The van der Waals surface area contributed by atoms with Gasteiger partial charge in [0.1, 0.15) is 5.60 Å². The van der Waals surface area contributed by atoms with Crippen molar-refractivity contribution in [3.63, 3.8) is 0 Å². The lowest BCUT2D eigenvalue weighted by Gasteiger charge is -2.18. The highest BCUT2D eigenvalue weighted by atomic mass is 32.2. The highest BCUT2D eigenvalue weighted by Crippen LogP contribution is 2.28. The van der Waals surface area contributed by atoms with Crippen LogP contribution in [0.3, 0.4) is 0 Å². The van der Waals surface area contributed by atoms with Gasteiger partial charge >= 0.3 is 5.97 Å². The molecule has 0 fully saturated rings. The van der Waals surface area contributed by atoms with E-state index in [-0.39, 0.29) is 9.80 Å². The molecule has 24 heavy (non-hydrogen) atoms. The minimum absolute atomic E-state index is 0.0800. The van der Waals surface area contributed by atoms with Crippen LogP contribution in [0.4, 0.5) is 0 Å². The molecule has 2 rings (SSSR count). The van der Waals surface area contributed by atoms with Crippen molar-refractivity contribution in [2.24, 2.45) is 0 Å². The number of carbonyl (C=O) groups is 1. The predicted octanol–water partition coefficient (Wildman–Crippen LogP) is 3.84. The molecule has 5 heteroatoms. The fraction of sp³-hybridized carbons (Fsp3) is 0.211. The molecule has 0 aromatic heterocycles. The summed E-state index contributed by atoms with van der Waals surface area (Å²) in [6.07, 6.45) is 1.04. The molecule has 0 unspecified atom stereocenters. The molecule has 4 nitrogen and oxygen atoms in total. The molecule has 0 spiro atoms. The van der Waals surface area contributed by atoms with Crippen molar-refractivity contribution in [1.82, 2.24) is 0 Å². The van der Waals surface area contributed by atoms with E-state index in [9.17, 15) is 13.2 Å². The van der Waals surface area contributed by atoms with Crippen LogP contribution < -0.4 is 0 Å². The lowest BCUT2D eigenvalue weighted by Crippen LogP contribution is -2.23. The Bertz CT molecular complexity index is 830. The number of esters is 1. The first kappa shape index (κ1) is 17.9. The average Bonchev–Trinajstić information content (AvgIpc) is 2.52. The van der Waals surface area contributed by atoms with Gasteiger partial charge in [-0.15, -0.1) is 0 Å². The van der Waals surface area contributed by atoms with E-state index in [1.807, 2.05) is 0 Å². The van der Waals surface area contributed by atoms with Crippen LogP contribution in [0.1, 0.15) is 26.3 Å². The van der Waals surface area contributed by atoms with Crippen LogP contribution in [0.25, 0.3) is 4.91 Å². The molecule has 0 heterocycles. The van der Waals surface area contributed by atoms with Gasteiger partial charge in [-0.2, -0.15) is 0 Å². The first-order chi connectivity index (χ1) is 11.2. The molecule has 0 saturated carbocycles. The van der Waals surface area contributed by atoms with Gasteiger partial charge < -0.3 is 4.74 Å². The number of carbonyl (C=O) groups excluding carboxylic acids is 1. The van der Waals surface area contributed by atoms with Crippen LogP contribution in [0.5, 0.6) is 0 Å². The van der Waals surface area contributed by atoms with Gasteiger partial charge in [0.05, 0.1) is 9.80 Å². The van der Waals surface area contributed by atoms with Crippen LogP contribution in [-0.4, -0.2) is 20.0 Å². The van der Waals surface area contributed by atoms with Crippen molar-refractivity contribution in [3.05, 3.63) is 72.3 Å². The second kappa shape index (κ2) is 7.01. The summed E-state index contributed by atoms with van der Waals surface area (Å²) in [5.41, 5.74) is -0.265. The molecule has 126 valence electrons. The van der Waals surface area contributed by atoms with E-state index in [0.29, 0.717) is 5.56 Å². The fourth-order valence-corrected chi connectivity index (χ4v) is 3.55. The maximum atomic E-state index is 13.0. The Kier molecular flexibility index (Phi) is 5.24. The number of hydrogen-bond acceptors (Lipinski definition) is 4. The highest BCUT2D eigenvalue weighted by molar-refractivity contribution is 8.00. The Morgan fingerprint density at radius 1 is 0.917 bits per heavy atom. The largest absolute Gasteiger partial charge is 0.457 e. The van der Waals surface area contributed by atoms with Gasteiger partial charge in [0.25, 0.3) is 0 Å². The molecule has 0 atom stereocenters. The lowest BCUT2D eigenvalue weighted by molar-refractivity contribution is -0.148. The molecule has 0 bridgehead atoms. The summed E-state index contributed by atoms with van der Waals surface area (Å²) in [7, 11) is -3.84. The minimum atomic E-state index is -3.84. The smallest absolute Gasteiger partial charge is 0.332 e. The Morgan fingerprint density at radius 2 is 1.42 bits per heavy atom. The number of ether oxygens (including phenoxy) is 1. The molecule has 0 aliphatic rings. The van der Waals surface area contributed by atoms with Gasteiger partial charge in [-0.25, -0.2) is 13.2 Å². The van der Waals surface area contributed by atoms with Crippen molar-refractivity contribution in [1.29, 1.82) is 0 Å². The van der Waals surface area contributed by atoms with Gasteiger partial charge in [0.15, 0.2) is 0 Å². The third kappa shape index (κ3) is 4.55. The summed E-state index contributed by atoms with van der Waals surface area (Å²) >= 11 is 0. The van der Waals surface area contributed by atoms with Crippen LogP contribution >= 0.6 is 0 Å². The van der Waals surface area contributed by atoms with Crippen LogP contribution in [0.2, 0.25) is 0 Å². The third-order valence-electron chi connectivity index (χ3n) is 3.06. The van der Waals surface area contributed by atoms with Crippen molar-refractivity contribution >= 4 is 20.7 Å². The SMILES string of the molecule is CC(C)(C)OC(=O)/C=C(\c1ccccc1)S(=O)(=O)c1ccccc1. The molecule has 0 aliphatic heterocycles. The number of benzene rings is 2. The van der Waals surface area contributed by atoms with Crippen molar-refractivity contribution < 1.29 is 17.9 Å². The van der Waals surface area contributed by atoms with Gasteiger partial charge in [-0.05, 0) is 38.5 Å². The van der Waals surface area contributed by atoms with Crippen molar-refractivity contribution in [3.8, 4) is 0 Å². The monoisotopic (exact) mass is 344 g/mol. The molecule has 0 amide bonds. The second-order valence-electron chi connectivity index (χ2n) is 6.22. The molecule has 2 aromatic carbocycles. The number of sulfone groups is 1. The second-order valence-corrected chi connectivity index (χ2v) is 8.14. The van der Waals surface area contributed by atoms with Crippen LogP contribution in [0, 0.1) is 0 Å². The average molecular weight is 344 g/mol. The zero-order valence-electron chi connectivity index (χ0n) is 13.9. The standard InChI is InChI=1S/C19H20O4S/c1-19(2,3)23-18(20)14-17(15-10-6-4-7-11-15)24(21,22)16-12-8-5-9-13-16/h4-14H,1-3H3/b17-14+. The summed E-state index contributed by atoms with van der Waals surface area (Å²) in [6, 6.07) is 16.5. The molecular formula is C19H20O4S. The van der Waals surface area contributed by atoms with Gasteiger partial charge in [-0.1, -0.05) is 48.5 Å². The zero-order valence-corrected chi connectivity index (χ0v) is 14.7. The topological polar surface area (TPSA) is 60.4 Å². The first-order valence-corrected chi connectivity index (χ1v) is 8.99. The zero-order chi connectivity index (χ0) is 17.8. The number of hydrogen-bond donors (Lipinski definition) is 0. The van der Waals surface area contributed by atoms with E-state index < -0.39 is 21.4 Å². The van der Waals surface area contributed by atoms with E-state index in [2.05, 4.69) is 0 Å². The third-order valence-corrected chi connectivity index (χ3v) is 4.88. The van der Waals surface area contributed by atoms with Crippen molar-refractivity contribution in [2.75, 3.05) is 0 Å². The fourth-order valence-electron chi connectivity index (χ4n) is 2.08. The molecule has 0 radical (unpaired) electrons. The Balaban J connectivity index is 2.55. The molecule has 0 saturated heterocycles. The quantitative estimate of drug-likeness (QED) is 0.624. The van der Waals surface area contributed by atoms with Crippen LogP contribution in [-0.2, 0) is 19.4 Å². The summed E-state index contributed by atoms with van der Waals surface area (Å²) in [5.74, 6) is -0.694. The summed E-state index contributed by atoms with van der Waals surface area (Å²) in [6.45, 7) is 5.19. The Hall–Kier alpha value is -2.40. The summed E-state index contributed by atoms with van der Waals surface area (Å²) in [4.78, 5) is 12.2.